The molecule has 0 radical (unpaired) electrons. The summed E-state index contributed by atoms with van der Waals surface area (Å²) in [4.78, 5) is 2.30. The van der Waals surface area contributed by atoms with Gasteiger partial charge in [-0.3, -0.25) is 4.90 Å². The van der Waals surface area contributed by atoms with E-state index in [1.807, 2.05) is 0 Å². The number of hydrogen-bond donors (Lipinski definition) is 1. The van der Waals surface area contributed by atoms with Crippen LogP contribution < -0.4 is 0 Å². The predicted octanol–water partition coefficient (Wildman–Crippen LogP) is 3.22. The second-order valence-electron chi connectivity index (χ2n) is 4.85. The van der Waals surface area contributed by atoms with Crippen LogP contribution in [0.5, 0.6) is 0 Å². The van der Waals surface area contributed by atoms with E-state index in [-0.39, 0.29) is 17.4 Å². The highest BCUT2D eigenvalue weighted by atomic mass is 35.5. The molecule has 2 rings (SSSR count). The third kappa shape index (κ3) is 3.67. The predicted molar refractivity (Wildman–Crippen MR) is 71.2 cm³/mol. The van der Waals surface area contributed by atoms with Crippen molar-refractivity contribution in [3.05, 3.63) is 34.6 Å². The van der Waals surface area contributed by atoms with Gasteiger partial charge in [0.1, 0.15) is 5.82 Å². The maximum absolute atomic E-state index is 13.8. The van der Waals surface area contributed by atoms with E-state index >= 15 is 0 Å². The molecule has 1 fully saturated rings. The van der Waals surface area contributed by atoms with Crippen LogP contribution in [0.4, 0.5) is 4.39 Å². The molecule has 0 heterocycles. The monoisotopic (exact) mass is 271 g/mol. The highest BCUT2D eigenvalue weighted by Gasteiger charge is 2.29. The minimum Gasteiger partial charge on any atom is -0.396 e. The van der Waals surface area contributed by atoms with Crippen molar-refractivity contribution in [3.63, 3.8) is 0 Å². The molecule has 1 aliphatic carbocycles. The highest BCUT2D eigenvalue weighted by molar-refractivity contribution is 6.30. The molecular formula is C14H19ClFNO. The van der Waals surface area contributed by atoms with E-state index in [0.717, 1.165) is 19.4 Å². The molecule has 0 amide bonds. The fourth-order valence-electron chi connectivity index (χ4n) is 2.15. The maximum Gasteiger partial charge on any atom is 0.146 e. The van der Waals surface area contributed by atoms with Gasteiger partial charge < -0.3 is 5.11 Å². The Bertz CT molecular complexity index is 395. The standard InChI is InChI=1S/C14H19ClFNO/c15-13-5-3-4-11(14(13)16)10-17(12-6-7-12)8-1-2-9-18/h3-5,12,18H,1-2,6-10H2. The lowest BCUT2D eigenvalue weighted by Crippen LogP contribution is -2.27. The summed E-state index contributed by atoms with van der Waals surface area (Å²) in [5.74, 6) is -0.299. The van der Waals surface area contributed by atoms with E-state index in [9.17, 15) is 4.39 Å². The number of unbranched alkanes of at least 4 members (excludes halogenated alkanes) is 1. The van der Waals surface area contributed by atoms with Gasteiger partial charge in [-0.1, -0.05) is 23.7 Å². The molecule has 0 saturated heterocycles. The van der Waals surface area contributed by atoms with Gasteiger partial charge >= 0.3 is 0 Å². The summed E-state index contributed by atoms with van der Waals surface area (Å²) in [7, 11) is 0. The summed E-state index contributed by atoms with van der Waals surface area (Å²) >= 11 is 5.79. The number of aliphatic hydroxyl groups excluding tert-OH is 1. The van der Waals surface area contributed by atoms with Crippen molar-refractivity contribution in [1.82, 2.24) is 4.90 Å². The SMILES string of the molecule is OCCCCN(Cc1cccc(Cl)c1F)C1CC1. The summed E-state index contributed by atoms with van der Waals surface area (Å²) in [6, 6.07) is 5.75. The van der Waals surface area contributed by atoms with Crippen LogP contribution in [-0.4, -0.2) is 29.2 Å². The van der Waals surface area contributed by atoms with Gasteiger partial charge in [-0.2, -0.15) is 0 Å². The topological polar surface area (TPSA) is 23.5 Å². The molecule has 1 aromatic rings. The van der Waals surface area contributed by atoms with E-state index in [4.69, 9.17) is 16.7 Å². The Kier molecular flexibility index (Phi) is 4.98. The third-order valence-electron chi connectivity index (χ3n) is 3.32. The van der Waals surface area contributed by atoms with Crippen molar-refractivity contribution in [2.75, 3.05) is 13.2 Å². The Morgan fingerprint density at radius 1 is 1.33 bits per heavy atom. The lowest BCUT2D eigenvalue weighted by Gasteiger charge is -2.22. The number of hydrogen-bond acceptors (Lipinski definition) is 2. The Hall–Kier alpha value is -0.640. The van der Waals surface area contributed by atoms with Crippen LogP contribution in [-0.2, 0) is 6.54 Å². The van der Waals surface area contributed by atoms with Crippen LogP contribution in [0.1, 0.15) is 31.2 Å². The van der Waals surface area contributed by atoms with Crippen LogP contribution in [0.15, 0.2) is 18.2 Å². The van der Waals surface area contributed by atoms with Crippen LogP contribution in [0.3, 0.4) is 0 Å². The molecule has 1 aliphatic rings. The smallest absolute Gasteiger partial charge is 0.146 e. The zero-order valence-electron chi connectivity index (χ0n) is 10.4. The number of nitrogens with zero attached hydrogens (tertiary/aromatic N) is 1. The lowest BCUT2D eigenvalue weighted by atomic mass is 10.2. The molecule has 1 saturated carbocycles. The number of aliphatic hydroxyl groups is 1. The Balaban J connectivity index is 1.97. The summed E-state index contributed by atoms with van der Waals surface area (Å²) in [6.45, 7) is 1.75. The zero-order chi connectivity index (χ0) is 13.0. The molecule has 0 aromatic heterocycles. The summed E-state index contributed by atoms with van der Waals surface area (Å²) in [5.41, 5.74) is 0.665. The largest absolute Gasteiger partial charge is 0.396 e. The third-order valence-corrected chi connectivity index (χ3v) is 3.61. The molecule has 4 heteroatoms. The van der Waals surface area contributed by atoms with Crippen molar-refractivity contribution < 1.29 is 9.50 Å². The highest BCUT2D eigenvalue weighted by Crippen LogP contribution is 2.29. The molecule has 18 heavy (non-hydrogen) atoms. The van der Waals surface area contributed by atoms with Gasteiger partial charge in [-0.25, -0.2) is 4.39 Å². The minimum atomic E-state index is -0.299. The van der Waals surface area contributed by atoms with Gasteiger partial charge in [0.25, 0.3) is 0 Å². The molecule has 0 atom stereocenters. The normalized spacial score (nSPS) is 15.3. The fourth-order valence-corrected chi connectivity index (χ4v) is 2.34. The van der Waals surface area contributed by atoms with Crippen LogP contribution in [0.2, 0.25) is 5.02 Å². The quantitative estimate of drug-likeness (QED) is 0.770. The van der Waals surface area contributed by atoms with E-state index in [0.29, 0.717) is 18.2 Å². The maximum atomic E-state index is 13.8. The first-order valence-corrected chi connectivity index (χ1v) is 6.88. The summed E-state index contributed by atoms with van der Waals surface area (Å²) < 4.78 is 13.8. The zero-order valence-corrected chi connectivity index (χ0v) is 11.2. The minimum absolute atomic E-state index is 0.193. The second kappa shape index (κ2) is 6.50. The van der Waals surface area contributed by atoms with E-state index in [1.165, 1.54) is 12.8 Å². The number of rotatable bonds is 7. The van der Waals surface area contributed by atoms with Gasteiger partial charge in [0.2, 0.25) is 0 Å². The number of benzene rings is 1. The molecule has 100 valence electrons. The summed E-state index contributed by atoms with van der Waals surface area (Å²) in [5, 5.41) is 9.00. The van der Waals surface area contributed by atoms with Gasteiger partial charge in [-0.15, -0.1) is 0 Å². The first-order valence-electron chi connectivity index (χ1n) is 6.50. The van der Waals surface area contributed by atoms with Crippen LogP contribution in [0.25, 0.3) is 0 Å². The van der Waals surface area contributed by atoms with Gasteiger partial charge in [0, 0.05) is 24.8 Å². The molecule has 1 N–H and O–H groups in total. The lowest BCUT2D eigenvalue weighted by molar-refractivity contribution is 0.226. The van der Waals surface area contributed by atoms with Crippen molar-refractivity contribution in [3.8, 4) is 0 Å². The Morgan fingerprint density at radius 3 is 2.78 bits per heavy atom. The van der Waals surface area contributed by atoms with Crippen LogP contribution in [0, 0.1) is 5.82 Å². The molecule has 0 unspecified atom stereocenters. The van der Waals surface area contributed by atoms with Crippen molar-refractivity contribution >= 4 is 11.6 Å². The molecule has 0 aliphatic heterocycles. The second-order valence-corrected chi connectivity index (χ2v) is 5.25. The van der Waals surface area contributed by atoms with E-state index in [1.54, 1.807) is 18.2 Å². The van der Waals surface area contributed by atoms with Crippen molar-refractivity contribution in [2.45, 2.75) is 38.3 Å². The van der Waals surface area contributed by atoms with Crippen molar-refractivity contribution in [1.29, 1.82) is 0 Å². The average Bonchev–Trinajstić information content (AvgIpc) is 3.18. The van der Waals surface area contributed by atoms with E-state index in [2.05, 4.69) is 4.90 Å². The van der Waals surface area contributed by atoms with Gasteiger partial charge in [0.15, 0.2) is 0 Å². The first-order chi connectivity index (χ1) is 8.72. The first kappa shape index (κ1) is 13.8. The molecule has 0 bridgehead atoms. The van der Waals surface area contributed by atoms with Crippen LogP contribution >= 0.6 is 11.6 Å². The Labute approximate surface area is 112 Å². The van der Waals surface area contributed by atoms with Crippen molar-refractivity contribution in [2.24, 2.45) is 0 Å². The summed E-state index contributed by atoms with van der Waals surface area (Å²) in [6.07, 6.45) is 4.15. The van der Waals surface area contributed by atoms with Gasteiger partial charge in [0.05, 0.1) is 5.02 Å². The van der Waals surface area contributed by atoms with Gasteiger partial charge in [-0.05, 0) is 38.3 Å². The fraction of sp³-hybridized carbons (Fsp3) is 0.571. The molecule has 2 nitrogen and oxygen atoms in total. The number of halogens is 2. The molecular weight excluding hydrogens is 253 g/mol. The molecule has 0 spiro atoms. The average molecular weight is 272 g/mol. The van der Waals surface area contributed by atoms with E-state index < -0.39 is 0 Å². The Morgan fingerprint density at radius 2 is 2.11 bits per heavy atom. The molecule has 1 aromatic carbocycles.